The molecule has 1 aliphatic carbocycles. The van der Waals surface area contributed by atoms with Crippen LogP contribution in [-0.4, -0.2) is 5.78 Å². The van der Waals surface area contributed by atoms with Gasteiger partial charge in [0, 0.05) is 17.6 Å². The van der Waals surface area contributed by atoms with Crippen LogP contribution in [0.5, 0.6) is 0 Å². The van der Waals surface area contributed by atoms with E-state index in [4.69, 9.17) is 5.26 Å². The summed E-state index contributed by atoms with van der Waals surface area (Å²) in [6.45, 7) is 0. The van der Waals surface area contributed by atoms with Crippen LogP contribution in [-0.2, 0) is 6.42 Å². The molecule has 2 nitrogen and oxygen atoms in total. The predicted octanol–water partition coefficient (Wildman–Crippen LogP) is 3.38. The average molecular weight is 245 g/mol. The van der Waals surface area contributed by atoms with Gasteiger partial charge in [-0.05, 0) is 29.3 Å². The number of hydrogen-bond donors (Lipinski definition) is 0. The molecule has 19 heavy (non-hydrogen) atoms. The maximum atomic E-state index is 12.2. The molecule has 0 bridgehead atoms. The summed E-state index contributed by atoms with van der Waals surface area (Å²) >= 11 is 0. The van der Waals surface area contributed by atoms with E-state index >= 15 is 0 Å². The lowest BCUT2D eigenvalue weighted by Gasteiger charge is -1.97. The molecule has 0 atom stereocenters. The molecule has 1 aliphatic rings. The third-order valence-corrected chi connectivity index (χ3v) is 3.29. The van der Waals surface area contributed by atoms with Gasteiger partial charge < -0.3 is 0 Å². The Labute approximate surface area is 111 Å². The number of benzene rings is 2. The van der Waals surface area contributed by atoms with Crippen LogP contribution < -0.4 is 0 Å². The monoisotopic (exact) mass is 245 g/mol. The van der Waals surface area contributed by atoms with Gasteiger partial charge in [0.15, 0.2) is 5.78 Å². The number of ketones is 1. The van der Waals surface area contributed by atoms with Crippen molar-refractivity contribution >= 4 is 11.9 Å². The maximum absolute atomic E-state index is 12.2. The lowest BCUT2D eigenvalue weighted by atomic mass is 10.1. The molecular formula is C17H11NO. The summed E-state index contributed by atoms with van der Waals surface area (Å²) in [4.78, 5) is 12.2. The summed E-state index contributed by atoms with van der Waals surface area (Å²) in [5.41, 5.74) is 4.17. The molecule has 2 heteroatoms. The lowest BCUT2D eigenvalue weighted by Crippen LogP contribution is -1.94. The van der Waals surface area contributed by atoms with Crippen molar-refractivity contribution < 1.29 is 4.79 Å². The van der Waals surface area contributed by atoms with E-state index in [1.807, 2.05) is 42.5 Å². The van der Waals surface area contributed by atoms with E-state index in [-0.39, 0.29) is 5.78 Å². The first kappa shape index (κ1) is 11.4. The molecule has 90 valence electrons. The quantitative estimate of drug-likeness (QED) is 0.723. The van der Waals surface area contributed by atoms with Crippen molar-refractivity contribution in [2.75, 3.05) is 0 Å². The van der Waals surface area contributed by atoms with Gasteiger partial charge in [-0.2, -0.15) is 5.26 Å². The zero-order valence-corrected chi connectivity index (χ0v) is 10.3. The average Bonchev–Trinajstić information content (AvgIpc) is 2.76. The molecule has 0 unspecified atom stereocenters. The van der Waals surface area contributed by atoms with Crippen LogP contribution in [0.3, 0.4) is 0 Å². The molecule has 0 saturated carbocycles. The number of hydrogen-bond acceptors (Lipinski definition) is 2. The van der Waals surface area contributed by atoms with Crippen LogP contribution in [0.25, 0.3) is 6.08 Å². The second-order valence-electron chi connectivity index (χ2n) is 4.57. The molecule has 0 N–H and O–H groups in total. The summed E-state index contributed by atoms with van der Waals surface area (Å²) in [7, 11) is 0. The van der Waals surface area contributed by atoms with E-state index in [1.54, 1.807) is 12.1 Å². The summed E-state index contributed by atoms with van der Waals surface area (Å²) in [5.74, 6) is 0.0953. The van der Waals surface area contributed by atoms with Crippen molar-refractivity contribution in [3.63, 3.8) is 0 Å². The smallest absolute Gasteiger partial charge is 0.189 e. The van der Waals surface area contributed by atoms with Gasteiger partial charge in [-0.1, -0.05) is 36.4 Å². The Balaban J connectivity index is 1.99. The van der Waals surface area contributed by atoms with E-state index in [0.717, 1.165) is 22.3 Å². The van der Waals surface area contributed by atoms with Gasteiger partial charge in [0.2, 0.25) is 0 Å². The number of carbonyl (C=O) groups is 1. The molecule has 0 aromatic heterocycles. The number of fused-ring (bicyclic) bond motifs is 1. The lowest BCUT2D eigenvalue weighted by molar-refractivity contribution is 0.104. The highest BCUT2D eigenvalue weighted by atomic mass is 16.1. The van der Waals surface area contributed by atoms with Crippen molar-refractivity contribution in [2.24, 2.45) is 0 Å². The highest BCUT2D eigenvalue weighted by Crippen LogP contribution is 2.27. The van der Waals surface area contributed by atoms with Crippen LogP contribution in [0.15, 0.2) is 54.1 Å². The maximum Gasteiger partial charge on any atom is 0.189 e. The fraction of sp³-hybridized carbons (Fsp3) is 0.0588. The van der Waals surface area contributed by atoms with E-state index in [9.17, 15) is 4.79 Å². The molecular weight excluding hydrogens is 234 g/mol. The summed E-state index contributed by atoms with van der Waals surface area (Å²) in [5, 5.41) is 8.88. The number of nitriles is 1. The van der Waals surface area contributed by atoms with E-state index in [1.165, 1.54) is 0 Å². The van der Waals surface area contributed by atoms with E-state index in [0.29, 0.717) is 12.0 Å². The van der Waals surface area contributed by atoms with Crippen LogP contribution in [0.4, 0.5) is 0 Å². The number of nitrogens with zero attached hydrogens (tertiary/aromatic N) is 1. The minimum atomic E-state index is 0.0953. The largest absolute Gasteiger partial charge is 0.289 e. The molecule has 0 spiro atoms. The first-order valence-electron chi connectivity index (χ1n) is 6.11. The van der Waals surface area contributed by atoms with Crippen molar-refractivity contribution in [3.8, 4) is 6.07 Å². The first-order valence-corrected chi connectivity index (χ1v) is 6.11. The van der Waals surface area contributed by atoms with Crippen molar-refractivity contribution in [1.29, 1.82) is 5.26 Å². The van der Waals surface area contributed by atoms with Crippen LogP contribution >= 0.6 is 0 Å². The topological polar surface area (TPSA) is 40.9 Å². The first-order chi connectivity index (χ1) is 9.28. The zero-order chi connectivity index (χ0) is 13.2. The number of Topliss-reactive ketones (excluding diaryl/α,β-unsaturated/α-hetero) is 1. The molecule has 0 fully saturated rings. The number of allylic oxidation sites excluding steroid dienone is 1. The normalized spacial score (nSPS) is 15.3. The summed E-state index contributed by atoms with van der Waals surface area (Å²) in [6.07, 6.45) is 2.55. The second kappa shape index (κ2) is 4.55. The molecule has 2 aromatic rings. The fourth-order valence-electron chi connectivity index (χ4n) is 2.37. The van der Waals surface area contributed by atoms with Crippen molar-refractivity contribution in [2.45, 2.75) is 6.42 Å². The van der Waals surface area contributed by atoms with Gasteiger partial charge in [-0.15, -0.1) is 0 Å². The molecule has 0 amide bonds. The molecule has 3 rings (SSSR count). The highest BCUT2D eigenvalue weighted by molar-refractivity contribution is 6.15. The summed E-state index contributed by atoms with van der Waals surface area (Å²) < 4.78 is 0. The minimum Gasteiger partial charge on any atom is -0.289 e. The van der Waals surface area contributed by atoms with Crippen molar-refractivity contribution in [1.82, 2.24) is 0 Å². The van der Waals surface area contributed by atoms with Crippen LogP contribution in [0.1, 0.15) is 27.0 Å². The van der Waals surface area contributed by atoms with Gasteiger partial charge in [0.25, 0.3) is 0 Å². The Kier molecular flexibility index (Phi) is 2.74. The van der Waals surface area contributed by atoms with Crippen molar-refractivity contribution in [3.05, 3.63) is 76.4 Å². The second-order valence-corrected chi connectivity index (χ2v) is 4.57. The SMILES string of the molecule is N#Cc1cccc(/C=C2\Cc3ccccc3C2=O)c1. The Morgan fingerprint density at radius 3 is 2.74 bits per heavy atom. The molecule has 0 heterocycles. The highest BCUT2D eigenvalue weighted by Gasteiger charge is 2.23. The van der Waals surface area contributed by atoms with Gasteiger partial charge in [0.05, 0.1) is 11.6 Å². The molecule has 2 aromatic carbocycles. The number of carbonyl (C=O) groups excluding carboxylic acids is 1. The summed E-state index contributed by atoms with van der Waals surface area (Å²) in [6, 6.07) is 17.1. The van der Waals surface area contributed by atoms with Gasteiger partial charge >= 0.3 is 0 Å². The predicted molar refractivity (Wildman–Crippen MR) is 73.6 cm³/mol. The zero-order valence-electron chi connectivity index (χ0n) is 10.3. The third kappa shape index (κ3) is 2.07. The Bertz CT molecular complexity index is 735. The fourth-order valence-corrected chi connectivity index (χ4v) is 2.37. The Hall–Kier alpha value is -2.66. The van der Waals surface area contributed by atoms with E-state index in [2.05, 4.69) is 6.07 Å². The van der Waals surface area contributed by atoms with Crippen LogP contribution in [0, 0.1) is 11.3 Å². The molecule has 0 saturated heterocycles. The van der Waals surface area contributed by atoms with Crippen LogP contribution in [0.2, 0.25) is 0 Å². The molecule has 0 radical (unpaired) electrons. The minimum absolute atomic E-state index is 0.0953. The Morgan fingerprint density at radius 1 is 1.11 bits per heavy atom. The Morgan fingerprint density at radius 2 is 1.95 bits per heavy atom. The van der Waals surface area contributed by atoms with Gasteiger partial charge in [-0.3, -0.25) is 4.79 Å². The third-order valence-electron chi connectivity index (χ3n) is 3.29. The number of rotatable bonds is 1. The van der Waals surface area contributed by atoms with E-state index < -0.39 is 0 Å². The molecule has 0 aliphatic heterocycles. The van der Waals surface area contributed by atoms with Gasteiger partial charge in [0.1, 0.15) is 0 Å². The standard InChI is InChI=1S/C17H11NO/c18-11-13-5-3-4-12(8-13)9-15-10-14-6-1-2-7-16(14)17(15)19/h1-9H,10H2/b15-9+. The van der Waals surface area contributed by atoms with Gasteiger partial charge in [-0.25, -0.2) is 0 Å².